The molecule has 5 heteroatoms. The smallest absolute Gasteiger partial charge is 0.255 e. The van der Waals surface area contributed by atoms with Crippen molar-refractivity contribution in [2.45, 2.75) is 53.0 Å². The molecule has 0 radical (unpaired) electrons. The molecule has 1 aromatic heterocycles. The Bertz CT molecular complexity index is 1260. The van der Waals surface area contributed by atoms with Crippen molar-refractivity contribution >= 4 is 5.91 Å². The zero-order valence-electron chi connectivity index (χ0n) is 20.7. The van der Waals surface area contributed by atoms with Gasteiger partial charge in [0.15, 0.2) is 0 Å². The van der Waals surface area contributed by atoms with Gasteiger partial charge in [-0.3, -0.25) is 4.79 Å². The maximum absolute atomic E-state index is 15.0. The summed E-state index contributed by atoms with van der Waals surface area (Å²) in [5.41, 5.74) is 3.85. The SMILES string of the molecule is COc1cccc(-c2cc(C(=O)N3CC4(C)CC3CC(C)(C)C4)c(C)n2-c2ccccc2F)c1. The summed E-state index contributed by atoms with van der Waals surface area (Å²) in [6.45, 7) is 9.63. The van der Waals surface area contributed by atoms with Crippen LogP contribution in [0.1, 0.15) is 56.1 Å². The van der Waals surface area contributed by atoms with Gasteiger partial charge in [0.2, 0.25) is 0 Å². The molecule has 2 bridgehead atoms. The van der Waals surface area contributed by atoms with Gasteiger partial charge >= 0.3 is 0 Å². The van der Waals surface area contributed by atoms with E-state index < -0.39 is 0 Å². The number of amides is 1. The maximum atomic E-state index is 15.0. The highest BCUT2D eigenvalue weighted by Crippen LogP contribution is 2.53. The molecule has 178 valence electrons. The number of benzene rings is 2. The third-order valence-electron chi connectivity index (χ3n) is 7.61. The van der Waals surface area contributed by atoms with Crippen LogP contribution in [0.4, 0.5) is 4.39 Å². The Kier molecular flexibility index (Phi) is 5.34. The van der Waals surface area contributed by atoms with Gasteiger partial charge in [0, 0.05) is 23.8 Å². The van der Waals surface area contributed by atoms with Crippen LogP contribution in [0.15, 0.2) is 54.6 Å². The van der Waals surface area contributed by atoms with E-state index in [1.807, 2.05) is 47.9 Å². The van der Waals surface area contributed by atoms with Gasteiger partial charge in [0.25, 0.3) is 5.91 Å². The Balaban J connectivity index is 1.63. The van der Waals surface area contributed by atoms with E-state index >= 15 is 0 Å². The van der Waals surface area contributed by atoms with Crippen LogP contribution in [0, 0.1) is 23.6 Å². The lowest BCUT2D eigenvalue weighted by molar-refractivity contribution is 0.0707. The van der Waals surface area contributed by atoms with Crippen molar-refractivity contribution < 1.29 is 13.9 Å². The first-order valence-electron chi connectivity index (χ1n) is 12.0. The number of carbonyl (C=O) groups excluding carboxylic acids is 1. The zero-order chi connectivity index (χ0) is 24.3. The molecule has 34 heavy (non-hydrogen) atoms. The highest BCUT2D eigenvalue weighted by Gasteiger charge is 2.51. The molecule has 1 saturated heterocycles. The zero-order valence-corrected chi connectivity index (χ0v) is 20.7. The summed E-state index contributed by atoms with van der Waals surface area (Å²) < 4.78 is 22.3. The van der Waals surface area contributed by atoms with E-state index in [1.54, 1.807) is 19.2 Å². The van der Waals surface area contributed by atoms with Crippen molar-refractivity contribution in [3.05, 3.63) is 71.7 Å². The van der Waals surface area contributed by atoms with Gasteiger partial charge in [-0.05, 0) is 67.3 Å². The molecule has 2 heterocycles. The fourth-order valence-corrected chi connectivity index (χ4v) is 6.61. The van der Waals surface area contributed by atoms with Crippen LogP contribution in [-0.4, -0.2) is 35.1 Å². The third kappa shape index (κ3) is 3.81. The number of methoxy groups -OCH3 is 1. The summed E-state index contributed by atoms with van der Waals surface area (Å²) in [4.78, 5) is 16.1. The van der Waals surface area contributed by atoms with Crippen molar-refractivity contribution in [2.75, 3.05) is 13.7 Å². The van der Waals surface area contributed by atoms with Gasteiger partial charge < -0.3 is 14.2 Å². The molecule has 5 rings (SSSR count). The summed E-state index contributed by atoms with van der Waals surface area (Å²) in [7, 11) is 1.63. The van der Waals surface area contributed by atoms with Crippen molar-refractivity contribution in [1.82, 2.24) is 9.47 Å². The highest BCUT2D eigenvalue weighted by atomic mass is 19.1. The van der Waals surface area contributed by atoms with Crippen LogP contribution >= 0.6 is 0 Å². The Hall–Kier alpha value is -3.08. The number of aromatic nitrogens is 1. The quantitative estimate of drug-likeness (QED) is 0.437. The second kappa shape index (κ2) is 8.00. The van der Waals surface area contributed by atoms with E-state index in [0.717, 1.165) is 42.8 Å². The Morgan fingerprint density at radius 1 is 1.06 bits per heavy atom. The standard InChI is InChI=1S/C29H33FN2O2/c1-19-23(27(33)31-18-29(4)16-21(31)15-28(2,3)17-29)14-26(20-9-8-10-22(13-20)34-5)32(19)25-12-7-6-11-24(25)30/h6-14,21H,15-18H2,1-5H3. The van der Waals surface area contributed by atoms with E-state index in [2.05, 4.69) is 25.7 Å². The average molecular weight is 461 g/mol. The lowest BCUT2D eigenvalue weighted by atomic mass is 9.65. The molecule has 4 nitrogen and oxygen atoms in total. The minimum absolute atomic E-state index is 0.0446. The minimum atomic E-state index is -0.323. The number of hydrogen-bond donors (Lipinski definition) is 0. The normalized spacial score (nSPS) is 23.2. The van der Waals surface area contributed by atoms with E-state index in [9.17, 15) is 9.18 Å². The summed E-state index contributed by atoms with van der Waals surface area (Å²) in [5, 5.41) is 0. The van der Waals surface area contributed by atoms with E-state index in [0.29, 0.717) is 17.0 Å². The van der Waals surface area contributed by atoms with Crippen LogP contribution in [-0.2, 0) is 0 Å². The molecular formula is C29H33FN2O2. The van der Waals surface area contributed by atoms with Crippen LogP contribution in [0.5, 0.6) is 5.75 Å². The largest absolute Gasteiger partial charge is 0.497 e. The number of rotatable bonds is 4. The predicted molar refractivity (Wildman–Crippen MR) is 133 cm³/mol. The van der Waals surface area contributed by atoms with Gasteiger partial charge in [0.05, 0.1) is 24.1 Å². The molecule has 2 fully saturated rings. The number of halogens is 1. The van der Waals surface area contributed by atoms with Crippen molar-refractivity contribution in [3.8, 4) is 22.7 Å². The molecule has 2 unspecified atom stereocenters. The second-order valence-electron chi connectivity index (χ2n) is 11.2. The number of ether oxygens (including phenoxy) is 1. The molecule has 3 aromatic rings. The number of carbonyl (C=O) groups is 1. The molecular weight excluding hydrogens is 427 g/mol. The Morgan fingerprint density at radius 2 is 1.82 bits per heavy atom. The topological polar surface area (TPSA) is 34.5 Å². The molecule has 1 aliphatic carbocycles. The van der Waals surface area contributed by atoms with Crippen LogP contribution < -0.4 is 4.74 Å². The second-order valence-corrected chi connectivity index (χ2v) is 11.2. The van der Waals surface area contributed by atoms with Crippen LogP contribution in [0.2, 0.25) is 0 Å². The minimum Gasteiger partial charge on any atom is -0.497 e. The van der Waals surface area contributed by atoms with Gasteiger partial charge in [-0.25, -0.2) is 4.39 Å². The first-order chi connectivity index (χ1) is 16.1. The number of nitrogens with zero attached hydrogens (tertiary/aromatic N) is 2. The number of likely N-dealkylation sites (tertiary alicyclic amines) is 1. The molecule has 0 spiro atoms. The number of fused-ring (bicyclic) bond motifs is 2. The fourth-order valence-electron chi connectivity index (χ4n) is 6.61. The van der Waals surface area contributed by atoms with Crippen molar-refractivity contribution in [1.29, 1.82) is 0 Å². The fraction of sp³-hybridized carbons (Fsp3) is 0.414. The molecule has 2 aliphatic rings. The lowest BCUT2D eigenvalue weighted by Gasteiger charge is -2.39. The molecule has 1 aliphatic heterocycles. The van der Waals surface area contributed by atoms with Crippen molar-refractivity contribution in [2.24, 2.45) is 10.8 Å². The molecule has 0 N–H and O–H groups in total. The number of para-hydroxylation sites is 1. The van der Waals surface area contributed by atoms with E-state index in [1.165, 1.54) is 6.07 Å². The average Bonchev–Trinajstić information content (AvgIpc) is 3.26. The molecule has 2 atom stereocenters. The lowest BCUT2D eigenvalue weighted by Crippen LogP contribution is -2.37. The maximum Gasteiger partial charge on any atom is 0.255 e. The third-order valence-corrected chi connectivity index (χ3v) is 7.61. The van der Waals surface area contributed by atoms with Crippen molar-refractivity contribution in [3.63, 3.8) is 0 Å². The number of hydrogen-bond acceptors (Lipinski definition) is 2. The predicted octanol–water partition coefficient (Wildman–Crippen LogP) is 6.64. The van der Waals surface area contributed by atoms with Gasteiger partial charge in [-0.15, -0.1) is 0 Å². The summed E-state index contributed by atoms with van der Waals surface area (Å²) in [6.07, 6.45) is 3.20. The Labute approximate surface area is 201 Å². The van der Waals surface area contributed by atoms with E-state index in [4.69, 9.17) is 4.74 Å². The van der Waals surface area contributed by atoms with Gasteiger partial charge in [0.1, 0.15) is 11.6 Å². The first kappa shape index (κ1) is 22.7. The molecule has 1 saturated carbocycles. The van der Waals surface area contributed by atoms with E-state index in [-0.39, 0.29) is 28.6 Å². The van der Waals surface area contributed by atoms with Crippen LogP contribution in [0.3, 0.4) is 0 Å². The molecule has 2 aromatic carbocycles. The molecule has 1 amide bonds. The van der Waals surface area contributed by atoms with Gasteiger partial charge in [-0.1, -0.05) is 45.0 Å². The van der Waals surface area contributed by atoms with Crippen LogP contribution in [0.25, 0.3) is 16.9 Å². The monoisotopic (exact) mass is 460 g/mol. The Morgan fingerprint density at radius 3 is 2.56 bits per heavy atom. The first-order valence-corrected chi connectivity index (χ1v) is 12.0. The highest BCUT2D eigenvalue weighted by molar-refractivity contribution is 5.98. The summed E-state index contributed by atoms with van der Waals surface area (Å²) in [5.74, 6) is 0.437. The summed E-state index contributed by atoms with van der Waals surface area (Å²) in [6, 6.07) is 16.6. The summed E-state index contributed by atoms with van der Waals surface area (Å²) >= 11 is 0. The van der Waals surface area contributed by atoms with Gasteiger partial charge in [-0.2, -0.15) is 0 Å².